The summed E-state index contributed by atoms with van der Waals surface area (Å²) in [6, 6.07) is 6.02. The molecule has 1 amide bonds. The van der Waals surface area contributed by atoms with E-state index >= 15 is 0 Å². The van der Waals surface area contributed by atoms with Gasteiger partial charge in [-0.15, -0.1) is 0 Å². The van der Waals surface area contributed by atoms with Crippen LogP contribution in [0.25, 0.3) is 0 Å². The molecule has 0 aliphatic heterocycles. The fourth-order valence-corrected chi connectivity index (χ4v) is 3.51. The van der Waals surface area contributed by atoms with E-state index in [0.29, 0.717) is 5.69 Å². The van der Waals surface area contributed by atoms with E-state index in [9.17, 15) is 13.2 Å². The van der Waals surface area contributed by atoms with Crippen molar-refractivity contribution in [3.63, 3.8) is 0 Å². The Labute approximate surface area is 126 Å². The van der Waals surface area contributed by atoms with Crippen LogP contribution in [0.5, 0.6) is 0 Å². The van der Waals surface area contributed by atoms with Gasteiger partial charge in [0.15, 0.2) is 0 Å². The van der Waals surface area contributed by atoms with Crippen molar-refractivity contribution in [3.8, 4) is 0 Å². The molecule has 2 rings (SSSR count). The number of hydrogen-bond donors (Lipinski definition) is 1. The number of benzene rings is 1. The van der Waals surface area contributed by atoms with Gasteiger partial charge in [-0.3, -0.25) is 4.79 Å². The molecule has 0 aromatic heterocycles. The van der Waals surface area contributed by atoms with Crippen LogP contribution in [0, 0.1) is 16.7 Å². The molecule has 0 saturated heterocycles. The van der Waals surface area contributed by atoms with Crippen LogP contribution in [-0.2, 0) is 14.8 Å². The number of carbonyl (C=O) groups is 1. The Bertz CT molecular complexity index is 661. The lowest BCUT2D eigenvalue weighted by Crippen LogP contribution is -2.30. The average molecular weight is 310 g/mol. The molecule has 1 saturated carbocycles. The van der Waals surface area contributed by atoms with Gasteiger partial charge in [-0.2, -0.15) is 0 Å². The molecule has 0 unspecified atom stereocenters. The Hall–Kier alpha value is -1.40. The number of nitrogens with two attached hydrogens (primary N) is 1. The quantitative estimate of drug-likeness (QED) is 0.927. The largest absolute Gasteiger partial charge is 0.315 e. The molecule has 2 N–H and O–H groups in total. The minimum Gasteiger partial charge on any atom is -0.315 e. The number of sulfonamides is 1. The van der Waals surface area contributed by atoms with E-state index in [0.717, 1.165) is 0 Å². The number of amides is 1. The van der Waals surface area contributed by atoms with Crippen molar-refractivity contribution < 1.29 is 13.2 Å². The number of nitrogens with zero attached hydrogens (tertiary/aromatic N) is 1. The summed E-state index contributed by atoms with van der Waals surface area (Å²) in [7, 11) is -2.00. The third-order valence-corrected chi connectivity index (χ3v) is 6.08. The Balaban J connectivity index is 2.22. The topological polar surface area (TPSA) is 80.5 Å². The van der Waals surface area contributed by atoms with Crippen LogP contribution in [0.4, 0.5) is 5.69 Å². The summed E-state index contributed by atoms with van der Waals surface area (Å²) in [6.07, 6.45) is 0. The number of primary sulfonamides is 1. The fraction of sp³-hybridized carbons (Fsp3) is 0.533. The molecule has 1 aromatic carbocycles. The first-order valence-corrected chi connectivity index (χ1v) is 8.36. The van der Waals surface area contributed by atoms with Crippen molar-refractivity contribution in [1.29, 1.82) is 0 Å². The molecule has 0 spiro atoms. The van der Waals surface area contributed by atoms with Gasteiger partial charge in [0, 0.05) is 18.7 Å². The van der Waals surface area contributed by atoms with Crippen molar-refractivity contribution in [2.75, 3.05) is 11.9 Å². The second-order valence-electron chi connectivity index (χ2n) is 6.81. The van der Waals surface area contributed by atoms with E-state index in [1.165, 1.54) is 12.1 Å². The average Bonchev–Trinajstić information content (AvgIpc) is 2.77. The molecule has 6 heteroatoms. The standard InChI is InChI=1S/C15H22N2O3S/c1-14(2)12(15(14,3)4)13(18)17(5)10-6-8-11(9-7-10)21(16,19)20/h6-9,12H,1-5H3,(H2,16,19,20). The first kappa shape index (κ1) is 16.0. The minimum absolute atomic E-state index is 0.0289. The van der Waals surface area contributed by atoms with Gasteiger partial charge in [-0.05, 0) is 35.1 Å². The maximum atomic E-state index is 12.6. The maximum absolute atomic E-state index is 12.6. The first-order chi connectivity index (χ1) is 9.40. The Morgan fingerprint density at radius 3 is 1.86 bits per heavy atom. The van der Waals surface area contributed by atoms with Gasteiger partial charge in [0.05, 0.1) is 4.90 Å². The monoisotopic (exact) mass is 310 g/mol. The summed E-state index contributed by atoms with van der Waals surface area (Å²) in [5.41, 5.74) is 0.600. The van der Waals surface area contributed by atoms with Gasteiger partial charge >= 0.3 is 0 Å². The Morgan fingerprint density at radius 1 is 1.10 bits per heavy atom. The summed E-state index contributed by atoms with van der Waals surface area (Å²) < 4.78 is 22.5. The Kier molecular flexibility index (Phi) is 3.46. The first-order valence-electron chi connectivity index (χ1n) is 6.81. The van der Waals surface area contributed by atoms with E-state index in [4.69, 9.17) is 5.14 Å². The van der Waals surface area contributed by atoms with Gasteiger partial charge < -0.3 is 4.90 Å². The maximum Gasteiger partial charge on any atom is 0.238 e. The van der Waals surface area contributed by atoms with Crippen LogP contribution in [0.2, 0.25) is 0 Å². The zero-order valence-corrected chi connectivity index (χ0v) is 13.9. The molecule has 0 bridgehead atoms. The van der Waals surface area contributed by atoms with E-state index in [-0.39, 0.29) is 27.6 Å². The summed E-state index contributed by atoms with van der Waals surface area (Å²) in [5.74, 6) is 0.0151. The zero-order chi connectivity index (χ0) is 16.2. The SMILES string of the molecule is CN(C(=O)C1C(C)(C)C1(C)C)c1ccc(S(N)(=O)=O)cc1. The van der Waals surface area contributed by atoms with Crippen molar-refractivity contribution >= 4 is 21.6 Å². The molecule has 116 valence electrons. The second kappa shape index (κ2) is 4.55. The normalized spacial score (nSPS) is 20.1. The Morgan fingerprint density at radius 2 is 1.52 bits per heavy atom. The van der Waals surface area contributed by atoms with Crippen molar-refractivity contribution in [2.24, 2.45) is 21.9 Å². The highest BCUT2D eigenvalue weighted by molar-refractivity contribution is 7.89. The van der Waals surface area contributed by atoms with Crippen molar-refractivity contribution in [3.05, 3.63) is 24.3 Å². The lowest BCUT2D eigenvalue weighted by atomic mass is 10.0. The summed E-state index contributed by atoms with van der Waals surface area (Å²) in [5, 5.41) is 5.06. The van der Waals surface area contributed by atoms with Crippen molar-refractivity contribution in [2.45, 2.75) is 32.6 Å². The van der Waals surface area contributed by atoms with Crippen LogP contribution in [-0.4, -0.2) is 21.4 Å². The predicted octanol–water partition coefficient (Wildman–Crippen LogP) is 1.98. The fourth-order valence-electron chi connectivity index (χ4n) is 2.99. The molecule has 0 radical (unpaired) electrons. The number of hydrogen-bond acceptors (Lipinski definition) is 3. The molecule has 21 heavy (non-hydrogen) atoms. The van der Waals surface area contributed by atoms with Crippen LogP contribution in [0.15, 0.2) is 29.2 Å². The molecule has 5 nitrogen and oxygen atoms in total. The molecule has 0 atom stereocenters. The predicted molar refractivity (Wildman–Crippen MR) is 82.3 cm³/mol. The number of anilines is 1. The van der Waals surface area contributed by atoms with Gasteiger partial charge in [0.1, 0.15) is 0 Å². The van der Waals surface area contributed by atoms with Crippen molar-refractivity contribution in [1.82, 2.24) is 0 Å². The summed E-state index contributed by atoms with van der Waals surface area (Å²) >= 11 is 0. The van der Waals surface area contributed by atoms with E-state index in [1.807, 2.05) is 0 Å². The second-order valence-corrected chi connectivity index (χ2v) is 8.37. The van der Waals surface area contributed by atoms with Crippen LogP contribution < -0.4 is 10.0 Å². The molecule has 1 fully saturated rings. The third kappa shape index (κ3) is 2.46. The lowest BCUT2D eigenvalue weighted by Gasteiger charge is -2.19. The molecular formula is C15H22N2O3S. The summed E-state index contributed by atoms with van der Waals surface area (Å²) in [6.45, 7) is 8.36. The molecule has 1 aromatic rings. The van der Waals surface area contributed by atoms with Gasteiger partial charge in [0.25, 0.3) is 0 Å². The molecule has 0 heterocycles. The number of rotatable bonds is 3. The van der Waals surface area contributed by atoms with Gasteiger partial charge in [0.2, 0.25) is 15.9 Å². The number of carbonyl (C=O) groups excluding carboxylic acids is 1. The highest BCUT2D eigenvalue weighted by Crippen LogP contribution is 2.68. The zero-order valence-electron chi connectivity index (χ0n) is 13.0. The molecule has 1 aliphatic carbocycles. The van der Waals surface area contributed by atoms with Crippen LogP contribution in [0.3, 0.4) is 0 Å². The van der Waals surface area contributed by atoms with Crippen LogP contribution in [0.1, 0.15) is 27.7 Å². The highest BCUT2D eigenvalue weighted by Gasteiger charge is 2.68. The third-order valence-electron chi connectivity index (χ3n) is 5.15. The lowest BCUT2D eigenvalue weighted by molar-refractivity contribution is -0.120. The summed E-state index contributed by atoms with van der Waals surface area (Å²) in [4.78, 5) is 14.2. The van der Waals surface area contributed by atoms with Gasteiger partial charge in [-0.1, -0.05) is 27.7 Å². The molecular weight excluding hydrogens is 288 g/mol. The smallest absolute Gasteiger partial charge is 0.238 e. The minimum atomic E-state index is -3.71. The van der Waals surface area contributed by atoms with E-state index < -0.39 is 10.0 Å². The van der Waals surface area contributed by atoms with E-state index in [1.54, 1.807) is 24.1 Å². The molecule has 1 aliphatic rings. The van der Waals surface area contributed by atoms with Crippen LogP contribution >= 0.6 is 0 Å². The van der Waals surface area contributed by atoms with E-state index in [2.05, 4.69) is 27.7 Å². The highest BCUT2D eigenvalue weighted by atomic mass is 32.2. The van der Waals surface area contributed by atoms with Gasteiger partial charge in [-0.25, -0.2) is 13.6 Å².